The van der Waals surface area contributed by atoms with Gasteiger partial charge in [0.25, 0.3) is 5.91 Å². The first-order chi connectivity index (χ1) is 16.0. The summed E-state index contributed by atoms with van der Waals surface area (Å²) in [6.45, 7) is -0.232. The molecule has 1 aliphatic rings. The number of benzene rings is 3. The molecule has 1 heterocycles. The molecule has 3 aromatic carbocycles. The molecule has 166 valence electrons. The predicted octanol–water partition coefficient (Wildman–Crippen LogP) is 3.79. The lowest BCUT2D eigenvalue weighted by Crippen LogP contribution is -2.40. The molecule has 3 aromatic rings. The molecule has 7 nitrogen and oxygen atoms in total. The number of ether oxygens (including phenoxy) is 1. The first kappa shape index (κ1) is 22.4. The Morgan fingerprint density at radius 1 is 1.15 bits per heavy atom. The number of fused-ring (bicyclic) bond motifs is 1. The van der Waals surface area contributed by atoms with Gasteiger partial charge in [0.1, 0.15) is 18.8 Å². The molecule has 0 atom stereocenters. The van der Waals surface area contributed by atoms with Gasteiger partial charge in [0.2, 0.25) is 5.91 Å². The molecule has 8 heteroatoms. The van der Waals surface area contributed by atoms with E-state index in [1.807, 2.05) is 60.7 Å². The normalized spacial score (nSPS) is 13.3. The molecule has 4 rings (SSSR count). The minimum absolute atomic E-state index is 0.0566. The molecule has 0 saturated heterocycles. The van der Waals surface area contributed by atoms with Gasteiger partial charge in [0, 0.05) is 15.6 Å². The first-order valence-electron chi connectivity index (χ1n) is 10.2. The molecule has 0 unspecified atom stereocenters. The van der Waals surface area contributed by atoms with Gasteiger partial charge in [-0.25, -0.2) is 5.43 Å². The topological polar surface area (TPSA) is 83.4 Å². The summed E-state index contributed by atoms with van der Waals surface area (Å²) in [5.41, 5.74) is 6.30. The molecule has 0 bridgehead atoms. The van der Waals surface area contributed by atoms with E-state index in [1.165, 1.54) is 11.1 Å². The van der Waals surface area contributed by atoms with Crippen molar-refractivity contribution in [1.82, 2.24) is 5.43 Å². The number of benzodiazepines with no additional fused rings is 1. The lowest BCUT2D eigenvalue weighted by Gasteiger charge is -2.22. The Bertz CT molecular complexity index is 1220. The molecular formula is C25H21BrN4O3. The average molecular weight is 505 g/mol. The molecule has 0 fully saturated rings. The number of aliphatic imine (C=N–C) groups is 1. The van der Waals surface area contributed by atoms with Crippen molar-refractivity contribution in [3.8, 4) is 5.75 Å². The van der Waals surface area contributed by atoms with Crippen molar-refractivity contribution in [2.45, 2.75) is 0 Å². The zero-order valence-corrected chi connectivity index (χ0v) is 19.5. The van der Waals surface area contributed by atoms with Crippen LogP contribution in [0, 0.1) is 0 Å². The molecule has 0 aromatic heterocycles. The van der Waals surface area contributed by atoms with Crippen LogP contribution in [0.4, 0.5) is 5.69 Å². The van der Waals surface area contributed by atoms with E-state index < -0.39 is 5.91 Å². The molecule has 1 N–H and O–H groups in total. The number of rotatable bonds is 6. The Morgan fingerprint density at radius 2 is 1.91 bits per heavy atom. The quantitative estimate of drug-likeness (QED) is 0.409. The Balaban J connectivity index is 1.54. The lowest BCUT2D eigenvalue weighted by molar-refractivity contribution is -0.123. The number of carbonyl (C=O) groups excluding carboxylic acids is 2. The number of carbonyl (C=O) groups is 2. The number of hydrogen-bond donors (Lipinski definition) is 1. The smallest absolute Gasteiger partial charge is 0.260 e. The third kappa shape index (κ3) is 5.35. The monoisotopic (exact) mass is 504 g/mol. The number of hydrogen-bond acceptors (Lipinski definition) is 5. The van der Waals surface area contributed by atoms with Crippen LogP contribution in [-0.2, 0) is 9.59 Å². The van der Waals surface area contributed by atoms with E-state index in [0.717, 1.165) is 26.9 Å². The molecule has 0 radical (unpaired) electrons. The van der Waals surface area contributed by atoms with Crippen molar-refractivity contribution in [2.75, 3.05) is 25.1 Å². The summed E-state index contributed by atoms with van der Waals surface area (Å²) in [5, 5.41) is 4.00. The van der Waals surface area contributed by atoms with E-state index in [4.69, 9.17) is 4.74 Å². The van der Waals surface area contributed by atoms with E-state index in [0.29, 0.717) is 11.4 Å². The molecule has 1 aliphatic heterocycles. The second kappa shape index (κ2) is 10.2. The lowest BCUT2D eigenvalue weighted by atomic mass is 10.0. The standard InChI is InChI=1S/C25H21BrN4O3/c1-33-20-10-7-17(8-11-20)14-28-29-23(31)16-30-22-12-9-19(26)13-21(22)25(27-15-24(30)32)18-5-3-2-4-6-18/h2-14H,15-16H2,1H3,(H,29,31). The number of methoxy groups -OCH3 is 1. The maximum Gasteiger partial charge on any atom is 0.260 e. The minimum Gasteiger partial charge on any atom is -0.497 e. The third-order valence-corrected chi connectivity index (χ3v) is 5.54. The Hall–Kier alpha value is -3.78. The second-order valence-corrected chi connectivity index (χ2v) is 8.15. The zero-order valence-electron chi connectivity index (χ0n) is 17.9. The summed E-state index contributed by atoms with van der Waals surface area (Å²) in [7, 11) is 1.60. The Labute approximate surface area is 199 Å². The number of halogens is 1. The fourth-order valence-electron chi connectivity index (χ4n) is 3.45. The SMILES string of the molecule is COc1ccc(C=NNC(=O)CN2C(=O)CN=C(c3ccccc3)c3cc(Br)ccc32)cc1. The highest BCUT2D eigenvalue weighted by Gasteiger charge is 2.27. The Kier molecular flexibility index (Phi) is 6.95. The van der Waals surface area contributed by atoms with Crippen LogP contribution in [0.5, 0.6) is 5.75 Å². The summed E-state index contributed by atoms with van der Waals surface area (Å²) in [4.78, 5) is 31.5. The van der Waals surface area contributed by atoms with E-state index in [1.54, 1.807) is 19.2 Å². The Morgan fingerprint density at radius 3 is 2.64 bits per heavy atom. The van der Waals surface area contributed by atoms with Gasteiger partial charge in [-0.05, 0) is 48.0 Å². The fraction of sp³-hybridized carbons (Fsp3) is 0.120. The van der Waals surface area contributed by atoms with E-state index in [-0.39, 0.29) is 19.0 Å². The van der Waals surface area contributed by atoms with E-state index in [9.17, 15) is 9.59 Å². The number of anilines is 1. The van der Waals surface area contributed by atoms with Crippen molar-refractivity contribution < 1.29 is 14.3 Å². The second-order valence-electron chi connectivity index (χ2n) is 7.24. The van der Waals surface area contributed by atoms with Gasteiger partial charge in [-0.3, -0.25) is 14.6 Å². The third-order valence-electron chi connectivity index (χ3n) is 5.05. The van der Waals surface area contributed by atoms with Crippen LogP contribution in [-0.4, -0.2) is 43.9 Å². The van der Waals surface area contributed by atoms with Crippen molar-refractivity contribution in [1.29, 1.82) is 0 Å². The maximum absolute atomic E-state index is 12.9. The van der Waals surface area contributed by atoms with Crippen LogP contribution < -0.4 is 15.1 Å². The van der Waals surface area contributed by atoms with Gasteiger partial charge in [0.05, 0.1) is 24.7 Å². The van der Waals surface area contributed by atoms with Crippen molar-refractivity contribution >= 4 is 45.4 Å². The van der Waals surface area contributed by atoms with Gasteiger partial charge in [-0.2, -0.15) is 5.10 Å². The molecule has 2 amide bonds. The van der Waals surface area contributed by atoms with Gasteiger partial charge < -0.3 is 9.64 Å². The molecule has 0 spiro atoms. The fourth-order valence-corrected chi connectivity index (χ4v) is 3.81. The average Bonchev–Trinajstić information content (AvgIpc) is 2.96. The predicted molar refractivity (Wildman–Crippen MR) is 132 cm³/mol. The van der Waals surface area contributed by atoms with Crippen LogP contribution in [0.3, 0.4) is 0 Å². The molecular weight excluding hydrogens is 484 g/mol. The largest absolute Gasteiger partial charge is 0.497 e. The van der Waals surface area contributed by atoms with Gasteiger partial charge >= 0.3 is 0 Å². The van der Waals surface area contributed by atoms with Crippen molar-refractivity contribution in [3.05, 3.63) is 94.0 Å². The van der Waals surface area contributed by atoms with Crippen LogP contribution in [0.2, 0.25) is 0 Å². The molecule has 33 heavy (non-hydrogen) atoms. The first-order valence-corrected chi connectivity index (χ1v) is 11.0. The molecule has 0 aliphatic carbocycles. The number of amides is 2. The molecule has 0 saturated carbocycles. The summed E-state index contributed by atoms with van der Waals surface area (Å²) < 4.78 is 5.98. The van der Waals surface area contributed by atoms with Crippen LogP contribution in [0.15, 0.2) is 87.4 Å². The maximum atomic E-state index is 12.9. The van der Waals surface area contributed by atoms with E-state index in [2.05, 4.69) is 31.4 Å². The summed E-state index contributed by atoms with van der Waals surface area (Å²) >= 11 is 3.50. The summed E-state index contributed by atoms with van der Waals surface area (Å²) in [5.74, 6) is 0.0576. The number of nitrogens with zero attached hydrogens (tertiary/aromatic N) is 3. The highest BCUT2D eigenvalue weighted by atomic mass is 79.9. The summed E-state index contributed by atoms with van der Waals surface area (Å²) in [6.07, 6.45) is 1.53. The highest BCUT2D eigenvalue weighted by molar-refractivity contribution is 9.10. The van der Waals surface area contributed by atoms with Crippen LogP contribution in [0.25, 0.3) is 0 Å². The van der Waals surface area contributed by atoms with Gasteiger partial charge in [0.15, 0.2) is 0 Å². The summed E-state index contributed by atoms with van der Waals surface area (Å²) in [6, 6.07) is 22.5. The van der Waals surface area contributed by atoms with Gasteiger partial charge in [-0.15, -0.1) is 0 Å². The van der Waals surface area contributed by atoms with Crippen molar-refractivity contribution in [3.63, 3.8) is 0 Å². The zero-order chi connectivity index (χ0) is 23.2. The van der Waals surface area contributed by atoms with E-state index >= 15 is 0 Å². The van der Waals surface area contributed by atoms with Crippen molar-refractivity contribution in [2.24, 2.45) is 10.1 Å². The number of hydrazone groups is 1. The highest BCUT2D eigenvalue weighted by Crippen LogP contribution is 2.29. The minimum atomic E-state index is -0.412. The number of nitrogens with one attached hydrogen (secondary N) is 1. The van der Waals surface area contributed by atoms with Crippen LogP contribution >= 0.6 is 15.9 Å². The van der Waals surface area contributed by atoms with Gasteiger partial charge in [-0.1, -0.05) is 46.3 Å². The van der Waals surface area contributed by atoms with Crippen LogP contribution in [0.1, 0.15) is 16.7 Å².